The van der Waals surface area contributed by atoms with Crippen LogP contribution in [0.25, 0.3) is 0 Å². The molecule has 0 radical (unpaired) electrons. The summed E-state index contributed by atoms with van der Waals surface area (Å²) in [4.78, 5) is 0. The van der Waals surface area contributed by atoms with Crippen LogP contribution in [0.15, 0.2) is 12.3 Å². The Kier molecular flexibility index (Phi) is 3.29. The number of aryl methyl sites for hydroxylation is 1. The van der Waals surface area contributed by atoms with Crippen LogP contribution in [0, 0.1) is 0 Å². The Hall–Kier alpha value is -0.870. The lowest BCUT2D eigenvalue weighted by Gasteiger charge is -2.26. The van der Waals surface area contributed by atoms with E-state index in [9.17, 15) is 5.11 Å². The van der Waals surface area contributed by atoms with Crippen LogP contribution in [0.4, 0.5) is 0 Å². The van der Waals surface area contributed by atoms with Crippen LogP contribution in [0.1, 0.15) is 39.0 Å². The molecule has 0 amide bonds. The number of nitrogens with zero attached hydrogens (tertiary/aromatic N) is 2. The summed E-state index contributed by atoms with van der Waals surface area (Å²) >= 11 is 0. The molecule has 1 unspecified atom stereocenters. The summed E-state index contributed by atoms with van der Waals surface area (Å²) in [6, 6.07) is 1.81. The summed E-state index contributed by atoms with van der Waals surface area (Å²) in [5, 5.41) is 14.1. The van der Waals surface area contributed by atoms with E-state index in [1.165, 1.54) is 0 Å². The molecule has 4 nitrogen and oxygen atoms in total. The third-order valence-corrected chi connectivity index (χ3v) is 2.17. The van der Waals surface area contributed by atoms with E-state index in [-0.39, 0.29) is 0 Å². The van der Waals surface area contributed by atoms with E-state index in [0.717, 1.165) is 18.7 Å². The number of hydrogen-bond donors (Lipinski definition) is 2. The first-order chi connectivity index (χ1) is 6.46. The van der Waals surface area contributed by atoms with Crippen LogP contribution in [0.2, 0.25) is 0 Å². The molecule has 80 valence electrons. The van der Waals surface area contributed by atoms with Gasteiger partial charge in [-0.15, -0.1) is 0 Å². The Morgan fingerprint density at radius 3 is 2.79 bits per heavy atom. The lowest BCUT2D eigenvalue weighted by molar-refractivity contribution is 0.0952. The van der Waals surface area contributed by atoms with Crippen LogP contribution in [-0.2, 0) is 6.54 Å². The molecule has 4 heteroatoms. The topological polar surface area (TPSA) is 64.1 Å². The van der Waals surface area contributed by atoms with Crippen molar-refractivity contribution < 1.29 is 5.11 Å². The molecule has 0 bridgehead atoms. The Balaban J connectivity index is 2.89. The minimum absolute atomic E-state index is 0.633. The molecule has 0 saturated heterocycles. The number of aliphatic hydroxyl groups excluding tert-OH is 1. The molecule has 1 aromatic rings. The van der Waals surface area contributed by atoms with Crippen molar-refractivity contribution in [2.75, 3.05) is 0 Å². The highest BCUT2D eigenvalue weighted by molar-refractivity contribution is 5.09. The zero-order chi connectivity index (χ0) is 10.8. The Morgan fingerprint density at radius 1 is 1.64 bits per heavy atom. The van der Waals surface area contributed by atoms with Gasteiger partial charge in [-0.2, -0.15) is 5.10 Å². The van der Waals surface area contributed by atoms with E-state index < -0.39 is 11.6 Å². The van der Waals surface area contributed by atoms with Crippen molar-refractivity contribution >= 4 is 0 Å². The molecule has 0 saturated carbocycles. The van der Waals surface area contributed by atoms with Crippen LogP contribution in [0.3, 0.4) is 0 Å². The monoisotopic (exact) mass is 197 g/mol. The third kappa shape index (κ3) is 2.33. The second-order valence-electron chi connectivity index (χ2n) is 4.20. The van der Waals surface area contributed by atoms with Gasteiger partial charge in [0.25, 0.3) is 0 Å². The van der Waals surface area contributed by atoms with Gasteiger partial charge in [0.1, 0.15) is 6.10 Å². The highest BCUT2D eigenvalue weighted by Crippen LogP contribution is 2.22. The van der Waals surface area contributed by atoms with Gasteiger partial charge >= 0.3 is 0 Å². The fraction of sp³-hybridized carbons (Fsp3) is 0.700. The van der Waals surface area contributed by atoms with Gasteiger partial charge in [-0.3, -0.25) is 4.68 Å². The standard InChI is InChI=1S/C10H19N3O/c1-4-7-13-8(5-6-12-13)9(14)10(2,3)11/h5-6,9,14H,4,7,11H2,1-3H3. The van der Waals surface area contributed by atoms with Gasteiger partial charge in [0.15, 0.2) is 0 Å². The van der Waals surface area contributed by atoms with E-state index in [1.54, 1.807) is 24.7 Å². The maximum Gasteiger partial charge on any atom is 0.113 e. The number of aliphatic hydroxyl groups is 1. The van der Waals surface area contributed by atoms with Crippen molar-refractivity contribution in [1.82, 2.24) is 9.78 Å². The molecule has 0 aliphatic heterocycles. The predicted molar refractivity (Wildman–Crippen MR) is 55.7 cm³/mol. The molecule has 1 rings (SSSR count). The van der Waals surface area contributed by atoms with Crippen LogP contribution in [-0.4, -0.2) is 20.4 Å². The Bertz CT molecular complexity index is 288. The first-order valence-electron chi connectivity index (χ1n) is 4.95. The highest BCUT2D eigenvalue weighted by atomic mass is 16.3. The molecule has 0 aromatic carbocycles. The van der Waals surface area contributed by atoms with Gasteiger partial charge in [-0.05, 0) is 26.3 Å². The largest absolute Gasteiger partial charge is 0.385 e. The van der Waals surface area contributed by atoms with Gasteiger partial charge in [-0.1, -0.05) is 6.92 Å². The summed E-state index contributed by atoms with van der Waals surface area (Å²) in [6.07, 6.45) is 2.02. The quantitative estimate of drug-likeness (QED) is 0.758. The molecule has 3 N–H and O–H groups in total. The van der Waals surface area contributed by atoms with Crippen molar-refractivity contribution in [3.8, 4) is 0 Å². The fourth-order valence-corrected chi connectivity index (χ4v) is 1.35. The first kappa shape index (κ1) is 11.2. The summed E-state index contributed by atoms with van der Waals surface area (Å²) in [7, 11) is 0. The maximum atomic E-state index is 9.97. The zero-order valence-corrected chi connectivity index (χ0v) is 9.07. The molecule has 1 atom stereocenters. The Labute approximate surface area is 84.7 Å². The Morgan fingerprint density at radius 2 is 2.29 bits per heavy atom. The van der Waals surface area contributed by atoms with Crippen molar-refractivity contribution in [1.29, 1.82) is 0 Å². The van der Waals surface area contributed by atoms with E-state index in [0.29, 0.717) is 0 Å². The molecule has 0 fully saturated rings. The lowest BCUT2D eigenvalue weighted by atomic mass is 9.96. The summed E-state index contributed by atoms with van der Waals surface area (Å²) in [5.74, 6) is 0. The summed E-state index contributed by atoms with van der Waals surface area (Å²) in [5.41, 5.74) is 6.00. The molecule has 1 aromatic heterocycles. The lowest BCUT2D eigenvalue weighted by Crippen LogP contribution is -2.40. The molecule has 0 aliphatic rings. The van der Waals surface area contributed by atoms with E-state index in [4.69, 9.17) is 5.73 Å². The zero-order valence-electron chi connectivity index (χ0n) is 9.07. The maximum absolute atomic E-state index is 9.97. The fourth-order valence-electron chi connectivity index (χ4n) is 1.35. The van der Waals surface area contributed by atoms with Gasteiger partial charge in [0.2, 0.25) is 0 Å². The second-order valence-corrected chi connectivity index (χ2v) is 4.20. The molecule has 14 heavy (non-hydrogen) atoms. The SMILES string of the molecule is CCCn1nccc1C(O)C(C)(C)N. The van der Waals surface area contributed by atoms with Gasteiger partial charge in [-0.25, -0.2) is 0 Å². The smallest absolute Gasteiger partial charge is 0.113 e. The predicted octanol–water partition coefficient (Wildman–Crippen LogP) is 1.06. The molecular formula is C10H19N3O. The summed E-state index contributed by atoms with van der Waals surface area (Å²) in [6.45, 7) is 6.50. The average Bonchev–Trinajstić information content (AvgIpc) is 2.50. The van der Waals surface area contributed by atoms with Crippen molar-refractivity contribution in [2.45, 2.75) is 45.4 Å². The number of aromatic nitrogens is 2. The minimum Gasteiger partial charge on any atom is -0.385 e. The van der Waals surface area contributed by atoms with E-state index in [2.05, 4.69) is 12.0 Å². The third-order valence-electron chi connectivity index (χ3n) is 2.17. The number of hydrogen-bond acceptors (Lipinski definition) is 3. The van der Waals surface area contributed by atoms with Crippen LogP contribution < -0.4 is 5.73 Å². The van der Waals surface area contributed by atoms with E-state index in [1.807, 2.05) is 6.07 Å². The van der Waals surface area contributed by atoms with Gasteiger partial charge < -0.3 is 10.8 Å². The van der Waals surface area contributed by atoms with Gasteiger partial charge in [0.05, 0.1) is 5.69 Å². The number of rotatable bonds is 4. The normalized spacial score (nSPS) is 14.4. The molecule has 1 heterocycles. The van der Waals surface area contributed by atoms with Gasteiger partial charge in [0, 0.05) is 18.3 Å². The minimum atomic E-state index is -0.670. The van der Waals surface area contributed by atoms with Crippen LogP contribution >= 0.6 is 0 Å². The van der Waals surface area contributed by atoms with Crippen LogP contribution in [0.5, 0.6) is 0 Å². The van der Waals surface area contributed by atoms with Crippen molar-refractivity contribution in [3.63, 3.8) is 0 Å². The highest BCUT2D eigenvalue weighted by Gasteiger charge is 2.26. The number of nitrogens with two attached hydrogens (primary N) is 1. The summed E-state index contributed by atoms with van der Waals surface area (Å²) < 4.78 is 1.80. The average molecular weight is 197 g/mol. The first-order valence-corrected chi connectivity index (χ1v) is 4.95. The molecule has 0 aliphatic carbocycles. The van der Waals surface area contributed by atoms with E-state index >= 15 is 0 Å². The van der Waals surface area contributed by atoms with Crippen molar-refractivity contribution in [3.05, 3.63) is 18.0 Å². The molecule has 0 spiro atoms. The van der Waals surface area contributed by atoms with Crippen molar-refractivity contribution in [2.24, 2.45) is 5.73 Å². The molecular weight excluding hydrogens is 178 g/mol. The second kappa shape index (κ2) is 4.11.